The molecule has 162 valence electrons. The lowest BCUT2D eigenvalue weighted by Crippen LogP contribution is -2.48. The number of ether oxygens (including phenoxy) is 1. The minimum absolute atomic E-state index is 0.173. The molecule has 1 amide bonds. The van der Waals surface area contributed by atoms with Gasteiger partial charge in [-0.2, -0.15) is 4.31 Å². The molecule has 1 atom stereocenters. The average Bonchev–Trinajstić information content (AvgIpc) is 2.75. The van der Waals surface area contributed by atoms with Crippen molar-refractivity contribution >= 4 is 37.5 Å². The Hall–Kier alpha value is -1.94. The van der Waals surface area contributed by atoms with Gasteiger partial charge in [-0.3, -0.25) is 4.79 Å². The lowest BCUT2D eigenvalue weighted by Gasteiger charge is -2.33. The van der Waals surface area contributed by atoms with Gasteiger partial charge < -0.3 is 15.0 Å². The zero-order valence-corrected chi connectivity index (χ0v) is 19.4. The molecule has 1 N–H and O–H groups in total. The largest absolute Gasteiger partial charge is 0.481 e. The third-order valence-corrected chi connectivity index (χ3v) is 7.44. The highest BCUT2D eigenvalue weighted by Gasteiger charge is 2.28. The van der Waals surface area contributed by atoms with Crippen molar-refractivity contribution in [3.63, 3.8) is 0 Å². The Bertz CT molecular complexity index is 974. The van der Waals surface area contributed by atoms with Gasteiger partial charge in [-0.05, 0) is 55.9 Å². The van der Waals surface area contributed by atoms with Gasteiger partial charge in [0.25, 0.3) is 5.91 Å². The van der Waals surface area contributed by atoms with E-state index in [1.165, 1.54) is 10.4 Å². The minimum atomic E-state index is -3.61. The molecular formula is C21H26BrN3O4S. The SMILES string of the molecule is CCN1CCN(S(=O)(=O)c2cccc(NC(=O)C(C)Oc3ccc(Br)cc3)c2)CC1. The summed E-state index contributed by atoms with van der Waals surface area (Å²) in [6.45, 7) is 6.99. The van der Waals surface area contributed by atoms with E-state index in [1.54, 1.807) is 37.3 Å². The number of anilines is 1. The van der Waals surface area contributed by atoms with Crippen LogP contribution in [0.3, 0.4) is 0 Å². The fraction of sp³-hybridized carbons (Fsp3) is 0.381. The smallest absolute Gasteiger partial charge is 0.265 e. The highest BCUT2D eigenvalue weighted by Crippen LogP contribution is 2.22. The maximum atomic E-state index is 13.0. The molecule has 0 aromatic heterocycles. The van der Waals surface area contributed by atoms with Crippen molar-refractivity contribution in [3.8, 4) is 5.75 Å². The number of amides is 1. The second-order valence-corrected chi connectivity index (χ2v) is 9.92. The van der Waals surface area contributed by atoms with Crippen LogP contribution >= 0.6 is 15.9 Å². The maximum absolute atomic E-state index is 13.0. The molecule has 1 aliphatic heterocycles. The number of piperazine rings is 1. The molecule has 0 spiro atoms. The summed E-state index contributed by atoms with van der Waals surface area (Å²) in [7, 11) is -3.61. The van der Waals surface area contributed by atoms with Gasteiger partial charge in [-0.1, -0.05) is 28.9 Å². The van der Waals surface area contributed by atoms with E-state index in [-0.39, 0.29) is 10.8 Å². The first-order valence-electron chi connectivity index (χ1n) is 9.85. The number of carbonyl (C=O) groups excluding carboxylic acids is 1. The molecule has 7 nitrogen and oxygen atoms in total. The highest BCUT2D eigenvalue weighted by molar-refractivity contribution is 9.10. The first kappa shape index (κ1) is 22.7. The van der Waals surface area contributed by atoms with Crippen LogP contribution in [0.2, 0.25) is 0 Å². The topological polar surface area (TPSA) is 79.0 Å². The van der Waals surface area contributed by atoms with E-state index in [4.69, 9.17) is 4.74 Å². The molecule has 1 heterocycles. The Kier molecular flexibility index (Phi) is 7.51. The van der Waals surface area contributed by atoms with Crippen molar-refractivity contribution in [2.24, 2.45) is 0 Å². The van der Waals surface area contributed by atoms with E-state index in [9.17, 15) is 13.2 Å². The second kappa shape index (κ2) is 9.91. The number of nitrogens with one attached hydrogen (secondary N) is 1. The van der Waals surface area contributed by atoms with Crippen molar-refractivity contribution in [1.82, 2.24) is 9.21 Å². The molecule has 2 aromatic carbocycles. The lowest BCUT2D eigenvalue weighted by atomic mass is 10.3. The molecule has 1 fully saturated rings. The zero-order valence-electron chi connectivity index (χ0n) is 17.0. The second-order valence-electron chi connectivity index (χ2n) is 7.07. The Balaban J connectivity index is 1.66. The summed E-state index contributed by atoms with van der Waals surface area (Å²) in [5.74, 6) is 0.215. The third kappa shape index (κ3) is 5.60. The molecule has 30 heavy (non-hydrogen) atoms. The fourth-order valence-electron chi connectivity index (χ4n) is 3.18. The standard InChI is InChI=1S/C21H26BrN3O4S/c1-3-24-11-13-25(14-12-24)30(27,28)20-6-4-5-18(15-20)23-21(26)16(2)29-19-9-7-17(22)8-10-19/h4-10,15-16H,3,11-14H2,1-2H3,(H,23,26). The fourth-order valence-corrected chi connectivity index (χ4v) is 4.92. The molecule has 9 heteroatoms. The van der Waals surface area contributed by atoms with E-state index in [0.29, 0.717) is 24.5 Å². The first-order valence-corrected chi connectivity index (χ1v) is 12.1. The quantitative estimate of drug-likeness (QED) is 0.637. The number of carbonyl (C=O) groups is 1. The van der Waals surface area contributed by atoms with Crippen LogP contribution in [0.1, 0.15) is 13.8 Å². The van der Waals surface area contributed by atoms with Crippen molar-refractivity contribution in [3.05, 3.63) is 53.0 Å². The molecule has 1 saturated heterocycles. The highest BCUT2D eigenvalue weighted by atomic mass is 79.9. The van der Waals surface area contributed by atoms with E-state index in [0.717, 1.165) is 24.1 Å². The Morgan fingerprint density at radius 3 is 2.43 bits per heavy atom. The van der Waals surface area contributed by atoms with Crippen LogP contribution in [-0.2, 0) is 14.8 Å². The first-order chi connectivity index (χ1) is 14.3. The summed E-state index contributed by atoms with van der Waals surface area (Å²) >= 11 is 3.35. The number of hydrogen-bond acceptors (Lipinski definition) is 5. The zero-order chi connectivity index (χ0) is 21.7. The Morgan fingerprint density at radius 2 is 1.80 bits per heavy atom. The molecule has 0 radical (unpaired) electrons. The van der Waals surface area contributed by atoms with Crippen LogP contribution in [0.4, 0.5) is 5.69 Å². The molecule has 0 saturated carbocycles. The van der Waals surface area contributed by atoms with Gasteiger partial charge in [0.1, 0.15) is 5.75 Å². The van der Waals surface area contributed by atoms with Crippen LogP contribution in [0.25, 0.3) is 0 Å². The van der Waals surface area contributed by atoms with Crippen LogP contribution in [0, 0.1) is 0 Å². The van der Waals surface area contributed by atoms with E-state index in [1.807, 2.05) is 12.1 Å². The number of nitrogens with zero attached hydrogens (tertiary/aromatic N) is 2. The molecule has 0 aliphatic carbocycles. The summed E-state index contributed by atoms with van der Waals surface area (Å²) in [5, 5.41) is 2.74. The van der Waals surface area contributed by atoms with Gasteiger partial charge in [0.05, 0.1) is 4.90 Å². The van der Waals surface area contributed by atoms with Gasteiger partial charge in [0.15, 0.2) is 6.10 Å². The minimum Gasteiger partial charge on any atom is -0.481 e. The molecule has 1 unspecified atom stereocenters. The van der Waals surface area contributed by atoms with E-state index >= 15 is 0 Å². The van der Waals surface area contributed by atoms with E-state index in [2.05, 4.69) is 33.1 Å². The van der Waals surface area contributed by atoms with E-state index < -0.39 is 16.1 Å². The van der Waals surface area contributed by atoms with Crippen LogP contribution < -0.4 is 10.1 Å². The van der Waals surface area contributed by atoms with Crippen LogP contribution in [0.5, 0.6) is 5.75 Å². The Morgan fingerprint density at radius 1 is 1.13 bits per heavy atom. The van der Waals surface area contributed by atoms with Gasteiger partial charge in [-0.25, -0.2) is 8.42 Å². The Labute approximate surface area is 186 Å². The molecule has 1 aliphatic rings. The third-order valence-electron chi connectivity index (χ3n) is 5.01. The summed E-state index contributed by atoms with van der Waals surface area (Å²) in [6, 6.07) is 13.5. The van der Waals surface area contributed by atoms with Crippen LogP contribution in [-0.4, -0.2) is 62.4 Å². The normalized spacial score (nSPS) is 16.8. The number of benzene rings is 2. The number of hydrogen-bond donors (Lipinski definition) is 1. The summed E-state index contributed by atoms with van der Waals surface area (Å²) in [5.41, 5.74) is 0.416. The number of likely N-dealkylation sites (N-methyl/N-ethyl adjacent to an activating group) is 1. The predicted molar refractivity (Wildman–Crippen MR) is 120 cm³/mol. The predicted octanol–water partition coefficient (Wildman–Crippen LogP) is 3.18. The van der Waals surface area contributed by atoms with Crippen molar-refractivity contribution in [2.75, 3.05) is 38.0 Å². The van der Waals surface area contributed by atoms with Gasteiger partial charge in [-0.15, -0.1) is 0 Å². The summed E-state index contributed by atoms with van der Waals surface area (Å²) < 4.78 is 34.0. The summed E-state index contributed by atoms with van der Waals surface area (Å²) in [6.07, 6.45) is -0.742. The molecule has 3 rings (SSSR count). The van der Waals surface area contributed by atoms with Crippen LogP contribution in [0.15, 0.2) is 57.9 Å². The van der Waals surface area contributed by atoms with Gasteiger partial charge in [0, 0.05) is 36.3 Å². The van der Waals surface area contributed by atoms with Gasteiger partial charge in [0.2, 0.25) is 10.0 Å². The molecular weight excluding hydrogens is 470 g/mol. The number of sulfonamides is 1. The van der Waals surface area contributed by atoms with Crippen molar-refractivity contribution < 1.29 is 17.9 Å². The molecule has 2 aromatic rings. The van der Waals surface area contributed by atoms with Crippen molar-refractivity contribution in [1.29, 1.82) is 0 Å². The average molecular weight is 496 g/mol. The lowest BCUT2D eigenvalue weighted by molar-refractivity contribution is -0.122. The monoisotopic (exact) mass is 495 g/mol. The number of rotatable bonds is 7. The number of halogens is 1. The van der Waals surface area contributed by atoms with Crippen molar-refractivity contribution in [2.45, 2.75) is 24.8 Å². The van der Waals surface area contributed by atoms with Gasteiger partial charge >= 0.3 is 0 Å². The maximum Gasteiger partial charge on any atom is 0.265 e. The molecule has 0 bridgehead atoms. The summed E-state index contributed by atoms with van der Waals surface area (Å²) in [4.78, 5) is 14.9.